The van der Waals surface area contributed by atoms with Crippen LogP contribution in [-0.2, 0) is 6.54 Å². The van der Waals surface area contributed by atoms with Crippen LogP contribution in [0.5, 0.6) is 0 Å². The van der Waals surface area contributed by atoms with Crippen molar-refractivity contribution in [2.75, 3.05) is 31.1 Å². The van der Waals surface area contributed by atoms with Crippen molar-refractivity contribution >= 4 is 16.5 Å². The molecule has 0 saturated carbocycles. The van der Waals surface area contributed by atoms with Crippen molar-refractivity contribution < 1.29 is 0 Å². The highest BCUT2D eigenvalue weighted by atomic mass is 32.1. The highest BCUT2D eigenvalue weighted by molar-refractivity contribution is 7.13. The Hall–Kier alpha value is -0.650. The molecule has 0 bridgehead atoms. The van der Waals surface area contributed by atoms with Crippen molar-refractivity contribution in [3.63, 3.8) is 0 Å². The molecule has 0 amide bonds. The SMILES string of the molecule is CCC(C)N1CCN(c2nc(CN)cs2)CC1. The van der Waals surface area contributed by atoms with Gasteiger partial charge in [-0.1, -0.05) is 6.92 Å². The molecule has 0 radical (unpaired) electrons. The van der Waals surface area contributed by atoms with Crippen molar-refractivity contribution in [3.8, 4) is 0 Å². The van der Waals surface area contributed by atoms with E-state index in [0.717, 1.165) is 37.0 Å². The summed E-state index contributed by atoms with van der Waals surface area (Å²) in [4.78, 5) is 9.48. The van der Waals surface area contributed by atoms with Crippen LogP contribution in [0.4, 0.5) is 5.13 Å². The van der Waals surface area contributed by atoms with Gasteiger partial charge in [-0.15, -0.1) is 11.3 Å². The lowest BCUT2D eigenvalue weighted by Crippen LogP contribution is -2.49. The second-order valence-corrected chi connectivity index (χ2v) is 5.44. The third-order valence-corrected chi connectivity index (χ3v) is 4.50. The van der Waals surface area contributed by atoms with Crippen LogP contribution in [0, 0.1) is 0 Å². The fourth-order valence-corrected chi connectivity index (χ4v) is 3.04. The summed E-state index contributed by atoms with van der Waals surface area (Å²) in [5, 5.41) is 3.20. The smallest absolute Gasteiger partial charge is 0.185 e. The Morgan fingerprint density at radius 2 is 2.12 bits per heavy atom. The van der Waals surface area contributed by atoms with E-state index in [0.29, 0.717) is 12.6 Å². The highest BCUT2D eigenvalue weighted by Crippen LogP contribution is 2.22. The van der Waals surface area contributed by atoms with Crippen molar-refractivity contribution in [2.45, 2.75) is 32.9 Å². The Morgan fingerprint density at radius 3 is 2.65 bits per heavy atom. The van der Waals surface area contributed by atoms with Gasteiger partial charge in [-0.25, -0.2) is 4.98 Å². The number of nitrogens with two attached hydrogens (primary N) is 1. The largest absolute Gasteiger partial charge is 0.346 e. The predicted octanol–water partition coefficient (Wildman–Crippen LogP) is 1.52. The first-order valence-corrected chi connectivity index (χ1v) is 7.26. The first-order chi connectivity index (χ1) is 8.24. The number of anilines is 1. The predicted molar refractivity (Wildman–Crippen MR) is 73.5 cm³/mol. The summed E-state index contributed by atoms with van der Waals surface area (Å²) in [6.45, 7) is 9.57. The molecule has 17 heavy (non-hydrogen) atoms. The summed E-state index contributed by atoms with van der Waals surface area (Å²) < 4.78 is 0. The van der Waals surface area contributed by atoms with Crippen molar-refractivity contribution in [1.29, 1.82) is 0 Å². The van der Waals surface area contributed by atoms with E-state index in [1.54, 1.807) is 11.3 Å². The van der Waals surface area contributed by atoms with Crippen LogP contribution in [0.3, 0.4) is 0 Å². The summed E-state index contributed by atoms with van der Waals surface area (Å²) >= 11 is 1.71. The molecule has 1 saturated heterocycles. The molecule has 1 aromatic rings. The molecule has 0 aliphatic carbocycles. The minimum atomic E-state index is 0.545. The molecule has 4 nitrogen and oxygen atoms in total. The topological polar surface area (TPSA) is 45.4 Å². The van der Waals surface area contributed by atoms with Crippen molar-refractivity contribution in [1.82, 2.24) is 9.88 Å². The number of piperazine rings is 1. The molecule has 1 aliphatic heterocycles. The minimum Gasteiger partial charge on any atom is -0.346 e. The third kappa shape index (κ3) is 2.97. The summed E-state index contributed by atoms with van der Waals surface area (Å²) in [5.74, 6) is 0. The van der Waals surface area contributed by atoms with Gasteiger partial charge >= 0.3 is 0 Å². The Balaban J connectivity index is 1.90. The summed E-state index contributed by atoms with van der Waals surface area (Å²) in [6, 6.07) is 0.702. The zero-order chi connectivity index (χ0) is 12.3. The molecule has 1 unspecified atom stereocenters. The fourth-order valence-electron chi connectivity index (χ4n) is 2.15. The van der Waals surface area contributed by atoms with Gasteiger partial charge in [0.15, 0.2) is 5.13 Å². The van der Waals surface area contributed by atoms with Gasteiger partial charge in [0.05, 0.1) is 5.69 Å². The molecule has 1 fully saturated rings. The normalized spacial score (nSPS) is 19.6. The maximum atomic E-state index is 5.59. The van der Waals surface area contributed by atoms with Gasteiger partial charge in [0.25, 0.3) is 0 Å². The van der Waals surface area contributed by atoms with E-state index in [4.69, 9.17) is 5.73 Å². The lowest BCUT2D eigenvalue weighted by atomic mass is 10.2. The number of hydrogen-bond acceptors (Lipinski definition) is 5. The van der Waals surface area contributed by atoms with Crippen LogP contribution in [0.25, 0.3) is 0 Å². The zero-order valence-electron chi connectivity index (χ0n) is 10.7. The van der Waals surface area contributed by atoms with E-state index in [1.807, 2.05) is 0 Å². The van der Waals surface area contributed by atoms with Gasteiger partial charge in [-0.05, 0) is 13.3 Å². The summed E-state index contributed by atoms with van der Waals surface area (Å²) in [7, 11) is 0. The first-order valence-electron chi connectivity index (χ1n) is 6.38. The van der Waals surface area contributed by atoms with Crippen LogP contribution >= 0.6 is 11.3 Å². The minimum absolute atomic E-state index is 0.545. The summed E-state index contributed by atoms with van der Waals surface area (Å²) in [6.07, 6.45) is 1.23. The highest BCUT2D eigenvalue weighted by Gasteiger charge is 2.21. The number of hydrogen-bond donors (Lipinski definition) is 1. The second-order valence-electron chi connectivity index (χ2n) is 4.61. The lowest BCUT2D eigenvalue weighted by Gasteiger charge is -2.37. The Labute approximate surface area is 107 Å². The third-order valence-electron chi connectivity index (χ3n) is 3.55. The standard InChI is InChI=1S/C12H22N4S/c1-3-10(2)15-4-6-16(7-5-15)12-14-11(8-13)9-17-12/h9-10H,3-8,13H2,1-2H3. The number of rotatable bonds is 4. The van der Waals surface area contributed by atoms with Crippen LogP contribution < -0.4 is 10.6 Å². The van der Waals surface area contributed by atoms with E-state index in [9.17, 15) is 0 Å². The molecule has 0 spiro atoms. The van der Waals surface area contributed by atoms with E-state index in [1.165, 1.54) is 6.42 Å². The van der Waals surface area contributed by atoms with Gasteiger partial charge in [-0.3, -0.25) is 4.90 Å². The fraction of sp³-hybridized carbons (Fsp3) is 0.750. The van der Waals surface area contributed by atoms with Crippen LogP contribution in [-0.4, -0.2) is 42.1 Å². The van der Waals surface area contributed by atoms with Gasteiger partial charge in [0.2, 0.25) is 0 Å². The van der Waals surface area contributed by atoms with Crippen molar-refractivity contribution in [2.24, 2.45) is 5.73 Å². The molecule has 2 N–H and O–H groups in total. The molecular weight excluding hydrogens is 232 g/mol. The Morgan fingerprint density at radius 1 is 1.41 bits per heavy atom. The van der Waals surface area contributed by atoms with Gasteiger partial charge < -0.3 is 10.6 Å². The quantitative estimate of drug-likeness (QED) is 0.885. The maximum Gasteiger partial charge on any atom is 0.185 e. The molecule has 1 aromatic heterocycles. The number of aromatic nitrogens is 1. The summed E-state index contributed by atoms with van der Waals surface area (Å²) in [5.41, 5.74) is 6.60. The number of nitrogens with zero attached hydrogens (tertiary/aromatic N) is 3. The maximum absolute atomic E-state index is 5.59. The van der Waals surface area contributed by atoms with Crippen molar-refractivity contribution in [3.05, 3.63) is 11.1 Å². The lowest BCUT2D eigenvalue weighted by molar-refractivity contribution is 0.193. The second kappa shape index (κ2) is 5.80. The first kappa shape index (κ1) is 12.8. The average molecular weight is 254 g/mol. The molecule has 5 heteroatoms. The van der Waals surface area contributed by atoms with Gasteiger partial charge in [0.1, 0.15) is 0 Å². The molecule has 1 aliphatic rings. The van der Waals surface area contributed by atoms with Crippen LogP contribution in [0.1, 0.15) is 26.0 Å². The molecular formula is C12H22N4S. The molecule has 96 valence electrons. The number of thiazole rings is 1. The monoisotopic (exact) mass is 254 g/mol. The van der Waals surface area contributed by atoms with E-state index < -0.39 is 0 Å². The van der Waals surface area contributed by atoms with Crippen LogP contribution in [0.2, 0.25) is 0 Å². The molecule has 0 aromatic carbocycles. The molecule has 2 rings (SSSR count). The average Bonchev–Trinajstić information content (AvgIpc) is 2.87. The molecule has 1 atom stereocenters. The van der Waals surface area contributed by atoms with Crippen LogP contribution in [0.15, 0.2) is 5.38 Å². The van der Waals surface area contributed by atoms with Gasteiger partial charge in [-0.2, -0.15) is 0 Å². The molecule has 2 heterocycles. The Bertz CT molecular complexity index is 344. The van der Waals surface area contributed by atoms with Gasteiger partial charge in [0, 0.05) is 44.1 Å². The van der Waals surface area contributed by atoms with E-state index >= 15 is 0 Å². The Kier molecular flexibility index (Phi) is 4.36. The zero-order valence-corrected chi connectivity index (χ0v) is 11.5. The van der Waals surface area contributed by atoms with E-state index in [-0.39, 0.29) is 0 Å². The van der Waals surface area contributed by atoms with E-state index in [2.05, 4.69) is 34.0 Å².